The fraction of sp³-hybridized carbons (Fsp3) is 0.438. The number of allylic oxidation sites excluding steroid dienone is 1. The summed E-state index contributed by atoms with van der Waals surface area (Å²) in [5, 5.41) is 0. The van der Waals surface area contributed by atoms with E-state index in [0.29, 0.717) is 18.8 Å². The quantitative estimate of drug-likeness (QED) is 0.652. The van der Waals surface area contributed by atoms with Crippen LogP contribution in [0.3, 0.4) is 0 Å². The van der Waals surface area contributed by atoms with E-state index in [1.54, 1.807) is 0 Å². The highest BCUT2D eigenvalue weighted by Gasteiger charge is 2.24. The average molecular weight is 259 g/mol. The van der Waals surface area contributed by atoms with Crippen LogP contribution >= 0.6 is 0 Å². The molecule has 0 radical (unpaired) electrons. The van der Waals surface area contributed by atoms with E-state index in [2.05, 4.69) is 18.5 Å². The van der Waals surface area contributed by atoms with Gasteiger partial charge in [0.2, 0.25) is 0 Å². The first-order chi connectivity index (χ1) is 9.15. The summed E-state index contributed by atoms with van der Waals surface area (Å²) in [6.07, 6.45) is 6.23. The van der Waals surface area contributed by atoms with Gasteiger partial charge in [-0.05, 0) is 55.9 Å². The highest BCUT2D eigenvalue weighted by Crippen LogP contribution is 2.31. The van der Waals surface area contributed by atoms with E-state index in [1.165, 1.54) is 16.7 Å². The van der Waals surface area contributed by atoms with Gasteiger partial charge in [0.1, 0.15) is 0 Å². The van der Waals surface area contributed by atoms with E-state index in [0.717, 1.165) is 24.0 Å². The highest BCUT2D eigenvalue weighted by atomic mass is 16.6. The van der Waals surface area contributed by atoms with Gasteiger partial charge in [-0.25, -0.2) is 0 Å². The third-order valence-corrected chi connectivity index (χ3v) is 3.59. The van der Waals surface area contributed by atoms with E-state index in [-0.39, 0.29) is 0 Å². The van der Waals surface area contributed by atoms with Crippen LogP contribution in [-0.4, -0.2) is 12.4 Å². The fourth-order valence-electron chi connectivity index (χ4n) is 2.78. The number of fused-ring (bicyclic) bond motifs is 1. The molecule has 1 aromatic rings. The second kappa shape index (κ2) is 6.02. The molecule has 19 heavy (non-hydrogen) atoms. The molecule has 0 saturated heterocycles. The van der Waals surface area contributed by atoms with Crippen LogP contribution in [0.5, 0.6) is 0 Å². The van der Waals surface area contributed by atoms with Crippen LogP contribution in [0.4, 0.5) is 0 Å². The van der Waals surface area contributed by atoms with E-state index >= 15 is 0 Å². The zero-order chi connectivity index (χ0) is 13.8. The van der Waals surface area contributed by atoms with Crippen molar-refractivity contribution in [1.29, 1.82) is 0 Å². The van der Waals surface area contributed by atoms with Gasteiger partial charge in [-0.3, -0.25) is 15.1 Å². The molecule has 1 aliphatic rings. The third kappa shape index (κ3) is 2.87. The molecule has 3 nitrogen and oxygen atoms in total. The first-order valence-corrected chi connectivity index (χ1v) is 6.82. The van der Waals surface area contributed by atoms with Gasteiger partial charge >= 0.3 is 0 Å². The van der Waals surface area contributed by atoms with E-state index in [1.807, 2.05) is 26.1 Å². The van der Waals surface area contributed by atoms with Crippen LogP contribution < -0.4 is 5.48 Å². The van der Waals surface area contributed by atoms with Gasteiger partial charge in [0, 0.05) is 18.2 Å². The Hall–Kier alpha value is -1.61. The molecule has 1 aliphatic carbocycles. The number of nitrogens with one attached hydrogen (secondary N) is 1. The molecule has 0 heterocycles. The lowest BCUT2D eigenvalue weighted by Crippen LogP contribution is -2.06. The maximum absolute atomic E-state index is 11.9. The molecule has 2 rings (SSSR count). The van der Waals surface area contributed by atoms with Gasteiger partial charge < -0.3 is 0 Å². The van der Waals surface area contributed by atoms with Crippen molar-refractivity contribution in [2.45, 2.75) is 40.0 Å². The molecule has 0 unspecified atom stereocenters. The van der Waals surface area contributed by atoms with Gasteiger partial charge in [0.15, 0.2) is 5.78 Å². The third-order valence-electron chi connectivity index (χ3n) is 3.59. The first kappa shape index (κ1) is 13.8. The molecule has 0 spiro atoms. The predicted molar refractivity (Wildman–Crippen MR) is 76.2 cm³/mol. The molecular formula is C16H21NO2. The molecule has 0 bridgehead atoms. The standard InChI is InChI=1S/C16H21NO2/c1-4-19-17-9-5-6-13-11(2)10-12(3)16-14(13)7-8-15(16)18/h5,9-10,17H,4,6-8H2,1-3H3/b9-5-. The molecule has 0 fully saturated rings. The maximum Gasteiger partial charge on any atom is 0.163 e. The van der Waals surface area contributed by atoms with Crippen molar-refractivity contribution in [2.75, 3.05) is 6.61 Å². The largest absolute Gasteiger partial charge is 0.294 e. The number of carbonyl (C=O) groups excluding carboxylic acids is 1. The Morgan fingerprint density at radius 1 is 1.32 bits per heavy atom. The van der Waals surface area contributed by atoms with Crippen molar-refractivity contribution in [2.24, 2.45) is 0 Å². The smallest absolute Gasteiger partial charge is 0.163 e. The average Bonchev–Trinajstić information content (AvgIpc) is 2.75. The summed E-state index contributed by atoms with van der Waals surface area (Å²) >= 11 is 0. The normalized spacial score (nSPS) is 14.2. The minimum absolute atomic E-state index is 0.296. The lowest BCUT2D eigenvalue weighted by molar-refractivity contribution is 0.0824. The minimum atomic E-state index is 0.296. The summed E-state index contributed by atoms with van der Waals surface area (Å²) < 4.78 is 0. The number of carbonyl (C=O) groups is 1. The highest BCUT2D eigenvalue weighted by molar-refractivity contribution is 6.02. The SMILES string of the molecule is CCON/C=C\Cc1c(C)cc(C)c2c1CCC2=O. The Kier molecular flexibility index (Phi) is 4.38. The number of ketones is 1. The topological polar surface area (TPSA) is 38.3 Å². The van der Waals surface area contributed by atoms with Gasteiger partial charge in [0.25, 0.3) is 0 Å². The number of rotatable bonds is 5. The summed E-state index contributed by atoms with van der Waals surface area (Å²) in [5.74, 6) is 0.296. The summed E-state index contributed by atoms with van der Waals surface area (Å²) in [6.45, 7) is 6.72. The van der Waals surface area contributed by atoms with Crippen molar-refractivity contribution < 1.29 is 9.63 Å². The summed E-state index contributed by atoms with van der Waals surface area (Å²) in [5.41, 5.74) is 8.67. The van der Waals surface area contributed by atoms with Crippen molar-refractivity contribution >= 4 is 5.78 Å². The lowest BCUT2D eigenvalue weighted by atomic mass is 9.92. The molecule has 1 aromatic carbocycles. The maximum atomic E-state index is 11.9. The molecule has 3 heteroatoms. The second-order valence-electron chi connectivity index (χ2n) is 4.92. The molecule has 0 amide bonds. The van der Waals surface area contributed by atoms with Crippen LogP contribution in [0.1, 0.15) is 46.0 Å². The van der Waals surface area contributed by atoms with Crippen molar-refractivity contribution in [1.82, 2.24) is 5.48 Å². The number of benzene rings is 1. The summed E-state index contributed by atoms with van der Waals surface area (Å²) in [6, 6.07) is 2.13. The fourth-order valence-corrected chi connectivity index (χ4v) is 2.78. The van der Waals surface area contributed by atoms with Crippen molar-refractivity contribution in [3.63, 3.8) is 0 Å². The molecule has 1 N–H and O–H groups in total. The molecule has 0 aromatic heterocycles. The Morgan fingerprint density at radius 2 is 2.11 bits per heavy atom. The van der Waals surface area contributed by atoms with Gasteiger partial charge in [-0.15, -0.1) is 0 Å². The number of aryl methyl sites for hydroxylation is 2. The van der Waals surface area contributed by atoms with Crippen molar-refractivity contribution in [3.8, 4) is 0 Å². The zero-order valence-corrected chi connectivity index (χ0v) is 11.9. The van der Waals surface area contributed by atoms with Gasteiger partial charge in [-0.2, -0.15) is 0 Å². The van der Waals surface area contributed by atoms with Crippen LogP contribution in [0.15, 0.2) is 18.3 Å². The number of hydrogen-bond acceptors (Lipinski definition) is 3. The van der Waals surface area contributed by atoms with Gasteiger partial charge in [-0.1, -0.05) is 12.1 Å². The number of hydrogen-bond donors (Lipinski definition) is 1. The Labute approximate surface area is 114 Å². The molecular weight excluding hydrogens is 238 g/mol. The molecule has 0 atom stereocenters. The number of Topliss-reactive ketones (excluding diaryl/α,β-unsaturated/α-hetero) is 1. The van der Waals surface area contributed by atoms with E-state index < -0.39 is 0 Å². The van der Waals surface area contributed by atoms with Crippen LogP contribution in [0.25, 0.3) is 0 Å². The zero-order valence-electron chi connectivity index (χ0n) is 11.9. The Bertz CT molecular complexity index is 518. The van der Waals surface area contributed by atoms with E-state index in [4.69, 9.17) is 4.84 Å². The molecule has 0 saturated carbocycles. The van der Waals surface area contributed by atoms with Crippen LogP contribution in [0, 0.1) is 13.8 Å². The molecule has 0 aliphatic heterocycles. The van der Waals surface area contributed by atoms with Crippen LogP contribution in [0.2, 0.25) is 0 Å². The van der Waals surface area contributed by atoms with Crippen molar-refractivity contribution in [3.05, 3.63) is 46.2 Å². The second-order valence-corrected chi connectivity index (χ2v) is 4.92. The Balaban J connectivity index is 2.22. The van der Waals surface area contributed by atoms with Gasteiger partial charge in [0.05, 0.1) is 6.61 Å². The van der Waals surface area contributed by atoms with Crippen LogP contribution in [-0.2, 0) is 17.7 Å². The first-order valence-electron chi connectivity index (χ1n) is 6.82. The monoisotopic (exact) mass is 259 g/mol. The summed E-state index contributed by atoms with van der Waals surface area (Å²) in [7, 11) is 0. The van der Waals surface area contributed by atoms with E-state index in [9.17, 15) is 4.79 Å². The minimum Gasteiger partial charge on any atom is -0.294 e. The molecule has 102 valence electrons. The Morgan fingerprint density at radius 3 is 2.84 bits per heavy atom. The lowest BCUT2D eigenvalue weighted by Gasteiger charge is -2.12. The predicted octanol–water partition coefficient (Wildman–Crippen LogP) is 3.03. The number of hydroxylamine groups is 1. The summed E-state index contributed by atoms with van der Waals surface area (Å²) in [4.78, 5) is 17.0.